The molecule has 5 aliphatic heterocycles. The zero-order valence-electron chi connectivity index (χ0n) is 36.7. The van der Waals surface area contributed by atoms with E-state index in [1.807, 2.05) is 0 Å². The summed E-state index contributed by atoms with van der Waals surface area (Å²) >= 11 is 0. The SMILES string of the molecule is CC1CCC2(OC1)OC1CC3C4CC=C5CC(OC6OC(CO)(COC7OC(C)C(O)C(O)C7O)CC(O)C6OC6OC(O)C(O)C(O)C6O)CCC5(C)C4CCC3(C)C1C2C. The number of hydrogen-bond acceptors (Lipinski definition) is 17. The van der Waals surface area contributed by atoms with Gasteiger partial charge in [-0.1, -0.05) is 39.3 Å². The molecule has 5 saturated heterocycles. The summed E-state index contributed by atoms with van der Waals surface area (Å²) in [5, 5.41) is 95.2. The molecular weight excluding hydrogens is 812 g/mol. The molecule has 62 heavy (non-hydrogen) atoms. The Labute approximate surface area is 363 Å². The topological polar surface area (TPSA) is 256 Å². The first-order chi connectivity index (χ1) is 29.3. The highest BCUT2D eigenvalue weighted by molar-refractivity contribution is 5.26. The van der Waals surface area contributed by atoms with Gasteiger partial charge in [-0.3, -0.25) is 0 Å². The van der Waals surface area contributed by atoms with Crippen LogP contribution in [-0.4, -0.2) is 169 Å². The third-order valence-electron chi connectivity index (χ3n) is 17.7. The molecule has 3 saturated carbocycles. The minimum absolute atomic E-state index is 0.0487. The predicted molar refractivity (Wildman–Crippen MR) is 214 cm³/mol. The lowest BCUT2D eigenvalue weighted by Crippen LogP contribution is -2.64. The molecule has 17 nitrogen and oxygen atoms in total. The molecule has 9 aliphatic rings. The molecule has 8 fully saturated rings. The minimum Gasteiger partial charge on any atom is -0.393 e. The van der Waals surface area contributed by atoms with Crippen molar-refractivity contribution in [3.63, 3.8) is 0 Å². The van der Waals surface area contributed by atoms with Gasteiger partial charge in [0.2, 0.25) is 0 Å². The Bertz CT molecular complexity index is 1630. The van der Waals surface area contributed by atoms with Crippen LogP contribution in [-0.2, 0) is 37.9 Å². The molecule has 17 heteroatoms. The average Bonchev–Trinajstić information content (AvgIpc) is 3.70. The Morgan fingerprint density at radius 1 is 0.758 bits per heavy atom. The van der Waals surface area contributed by atoms with E-state index in [2.05, 4.69) is 33.8 Å². The summed E-state index contributed by atoms with van der Waals surface area (Å²) < 4.78 is 49.5. The summed E-state index contributed by atoms with van der Waals surface area (Å²) in [6.07, 6.45) is -9.66. The predicted octanol–water partition coefficient (Wildman–Crippen LogP) is 0.563. The smallest absolute Gasteiger partial charge is 0.189 e. The molecular formula is C45H72O17. The quantitative estimate of drug-likeness (QED) is 0.151. The molecule has 5 heterocycles. The van der Waals surface area contributed by atoms with Crippen LogP contribution < -0.4 is 0 Å². The normalized spacial score (nSPS) is 57.6. The van der Waals surface area contributed by atoms with Gasteiger partial charge in [0, 0.05) is 18.8 Å². The lowest BCUT2D eigenvalue weighted by molar-refractivity contribution is -0.393. The van der Waals surface area contributed by atoms with Gasteiger partial charge in [0.15, 0.2) is 30.9 Å². The van der Waals surface area contributed by atoms with E-state index in [9.17, 15) is 46.0 Å². The van der Waals surface area contributed by atoms with Crippen LogP contribution in [0.5, 0.6) is 0 Å². The summed E-state index contributed by atoms with van der Waals surface area (Å²) in [5.74, 6) is 2.52. The summed E-state index contributed by atoms with van der Waals surface area (Å²) in [4.78, 5) is 0. The third kappa shape index (κ3) is 7.58. The van der Waals surface area contributed by atoms with Gasteiger partial charge in [0.1, 0.15) is 48.3 Å². The molecule has 354 valence electrons. The summed E-state index contributed by atoms with van der Waals surface area (Å²) in [6.45, 7) is 10.7. The van der Waals surface area contributed by atoms with Gasteiger partial charge < -0.3 is 83.9 Å². The van der Waals surface area contributed by atoms with Gasteiger partial charge in [-0.15, -0.1) is 0 Å². The highest BCUT2D eigenvalue weighted by Crippen LogP contribution is 2.70. The van der Waals surface area contributed by atoms with Crippen molar-refractivity contribution in [2.75, 3.05) is 19.8 Å². The maximum absolute atomic E-state index is 11.7. The van der Waals surface area contributed by atoms with Gasteiger partial charge in [0.05, 0.1) is 44.2 Å². The number of aliphatic hydroxyl groups excluding tert-OH is 9. The Kier molecular flexibility index (Phi) is 12.7. The largest absolute Gasteiger partial charge is 0.393 e. The van der Waals surface area contributed by atoms with Crippen molar-refractivity contribution in [3.05, 3.63) is 11.6 Å². The minimum atomic E-state index is -1.90. The van der Waals surface area contributed by atoms with Crippen molar-refractivity contribution >= 4 is 0 Å². The third-order valence-corrected chi connectivity index (χ3v) is 17.7. The van der Waals surface area contributed by atoms with Gasteiger partial charge in [-0.25, -0.2) is 0 Å². The fourth-order valence-electron chi connectivity index (χ4n) is 14.0. The van der Waals surface area contributed by atoms with Crippen molar-refractivity contribution in [1.29, 1.82) is 0 Å². The number of rotatable bonds is 8. The Morgan fingerprint density at radius 2 is 1.50 bits per heavy atom. The van der Waals surface area contributed by atoms with E-state index in [0.29, 0.717) is 48.3 Å². The van der Waals surface area contributed by atoms with Gasteiger partial charge >= 0.3 is 0 Å². The highest BCUT2D eigenvalue weighted by atomic mass is 16.8. The first kappa shape index (κ1) is 46.2. The maximum atomic E-state index is 11.7. The summed E-state index contributed by atoms with van der Waals surface area (Å²) in [6, 6.07) is 0. The monoisotopic (exact) mass is 884 g/mol. The summed E-state index contributed by atoms with van der Waals surface area (Å²) in [7, 11) is 0. The number of fused-ring (bicyclic) bond motifs is 7. The van der Waals surface area contributed by atoms with E-state index < -0.39 is 111 Å². The van der Waals surface area contributed by atoms with Crippen LogP contribution in [0, 0.1) is 46.3 Å². The van der Waals surface area contributed by atoms with Crippen LogP contribution >= 0.6 is 0 Å². The zero-order chi connectivity index (χ0) is 44.3. The molecule has 25 atom stereocenters. The lowest BCUT2D eigenvalue weighted by atomic mass is 9.47. The van der Waals surface area contributed by atoms with E-state index in [1.165, 1.54) is 12.5 Å². The van der Waals surface area contributed by atoms with Gasteiger partial charge in [-0.2, -0.15) is 0 Å². The first-order valence-electron chi connectivity index (χ1n) is 23.3. The molecule has 9 rings (SSSR count). The number of ether oxygens (including phenoxy) is 8. The second kappa shape index (κ2) is 17.0. The second-order valence-corrected chi connectivity index (χ2v) is 21.3. The molecule has 4 aliphatic carbocycles. The first-order valence-corrected chi connectivity index (χ1v) is 23.3. The van der Waals surface area contributed by atoms with Gasteiger partial charge in [-0.05, 0) is 98.7 Å². The molecule has 0 radical (unpaired) electrons. The molecule has 0 aromatic heterocycles. The fourth-order valence-corrected chi connectivity index (χ4v) is 14.0. The van der Waals surface area contributed by atoms with Crippen molar-refractivity contribution in [3.8, 4) is 0 Å². The van der Waals surface area contributed by atoms with Crippen LogP contribution in [0.3, 0.4) is 0 Å². The van der Waals surface area contributed by atoms with Crippen molar-refractivity contribution < 1.29 is 83.9 Å². The summed E-state index contributed by atoms with van der Waals surface area (Å²) in [5.41, 5.74) is -0.191. The Hall–Kier alpha value is -0.940. The average molecular weight is 885 g/mol. The van der Waals surface area contributed by atoms with Crippen LogP contribution in [0.15, 0.2) is 11.6 Å². The van der Waals surface area contributed by atoms with E-state index in [0.717, 1.165) is 51.6 Å². The molecule has 9 N–H and O–H groups in total. The molecule has 25 unspecified atom stereocenters. The van der Waals surface area contributed by atoms with Crippen LogP contribution in [0.25, 0.3) is 0 Å². The molecule has 0 bridgehead atoms. The zero-order valence-corrected chi connectivity index (χ0v) is 36.7. The van der Waals surface area contributed by atoms with E-state index in [-0.39, 0.29) is 23.4 Å². The van der Waals surface area contributed by atoms with E-state index in [4.69, 9.17) is 37.9 Å². The number of allylic oxidation sites excluding steroid dienone is 1. The second-order valence-electron chi connectivity index (χ2n) is 21.3. The molecule has 0 amide bonds. The van der Waals surface area contributed by atoms with Gasteiger partial charge in [0.25, 0.3) is 0 Å². The lowest BCUT2D eigenvalue weighted by Gasteiger charge is -2.59. The number of hydrogen-bond donors (Lipinski definition) is 9. The van der Waals surface area contributed by atoms with Crippen molar-refractivity contribution in [1.82, 2.24) is 0 Å². The maximum Gasteiger partial charge on any atom is 0.189 e. The fraction of sp³-hybridized carbons (Fsp3) is 0.956. The molecule has 0 aromatic carbocycles. The Balaban J connectivity index is 0.916. The highest BCUT2D eigenvalue weighted by Gasteiger charge is 2.69. The van der Waals surface area contributed by atoms with E-state index in [1.54, 1.807) is 0 Å². The van der Waals surface area contributed by atoms with E-state index >= 15 is 0 Å². The van der Waals surface area contributed by atoms with Crippen LogP contribution in [0.4, 0.5) is 0 Å². The molecule has 1 spiro atoms. The standard InChI is InChI=1S/C45H72O17/c1-20-8-13-45(56-17-20)21(2)30-29(61-45)15-27-25-7-6-23-14-24(9-11-42(23,4)26(25)10-12-43(27,30)5)58-41-37(59-40-36(53)33(50)34(51)38(54)60-40)28(47)16-44(18-46,62-41)19-55-39-35(52)32(49)31(48)22(3)57-39/h6,20-22,24-41,46-54H,7-19H2,1-5H3. The Morgan fingerprint density at radius 3 is 2.23 bits per heavy atom. The van der Waals surface area contributed by atoms with Crippen LogP contribution in [0.2, 0.25) is 0 Å². The van der Waals surface area contributed by atoms with Crippen LogP contribution in [0.1, 0.15) is 98.8 Å². The van der Waals surface area contributed by atoms with Crippen molar-refractivity contribution in [2.24, 2.45) is 46.3 Å². The molecule has 0 aromatic rings. The number of aliphatic hydroxyl groups is 9. The van der Waals surface area contributed by atoms with Crippen molar-refractivity contribution in [2.45, 2.75) is 203 Å².